The summed E-state index contributed by atoms with van der Waals surface area (Å²) in [6.45, 7) is 5.01. The second kappa shape index (κ2) is 9.34. The number of halogens is 1. The molecule has 0 saturated heterocycles. The number of hydrogen-bond donors (Lipinski definition) is 2. The van der Waals surface area contributed by atoms with Crippen molar-refractivity contribution >= 4 is 17.8 Å². The molecule has 0 fully saturated rings. The van der Waals surface area contributed by atoms with Gasteiger partial charge in [0.15, 0.2) is 5.96 Å². The average molecular weight is 377 g/mol. The minimum atomic E-state index is -0.240. The molecule has 0 aromatic heterocycles. The van der Waals surface area contributed by atoms with Gasteiger partial charge in [0.2, 0.25) is 11.8 Å². The van der Waals surface area contributed by atoms with E-state index in [1.165, 1.54) is 11.0 Å². The number of hydrogen-bond acceptors (Lipinski definition) is 3. The third-order valence-corrected chi connectivity index (χ3v) is 4.20. The summed E-state index contributed by atoms with van der Waals surface area (Å²) in [5.74, 6) is -0.00763. The zero-order chi connectivity index (χ0) is 20.0. The van der Waals surface area contributed by atoms with E-state index in [9.17, 15) is 14.0 Å². The summed E-state index contributed by atoms with van der Waals surface area (Å²) < 4.78 is 13.4. The molecule has 0 radical (unpaired) electrons. The standard InChI is InChI=1S/C19H28FN5O2/c1-13(2)23-17(26)10-21-19(22-11-18(27)24(3)4)25-8-7-14-9-16(20)6-5-15(14)12-25/h5-6,9,13H,7-8,10-12H2,1-4H3,(H,21,22)(H,23,26). The third-order valence-electron chi connectivity index (χ3n) is 4.20. The van der Waals surface area contributed by atoms with Crippen molar-refractivity contribution in [2.24, 2.45) is 4.99 Å². The number of nitrogens with one attached hydrogen (secondary N) is 2. The normalized spacial score (nSPS) is 14.0. The smallest absolute Gasteiger partial charge is 0.242 e. The molecule has 1 aromatic carbocycles. The molecule has 0 spiro atoms. The summed E-state index contributed by atoms with van der Waals surface area (Å²) >= 11 is 0. The Hall–Kier alpha value is -2.64. The molecule has 2 amide bonds. The van der Waals surface area contributed by atoms with Gasteiger partial charge in [-0.2, -0.15) is 0 Å². The zero-order valence-corrected chi connectivity index (χ0v) is 16.4. The number of fused-ring (bicyclic) bond motifs is 1. The molecule has 0 bridgehead atoms. The molecule has 1 heterocycles. The van der Waals surface area contributed by atoms with Crippen LogP contribution in [0.25, 0.3) is 0 Å². The van der Waals surface area contributed by atoms with E-state index < -0.39 is 0 Å². The number of carbonyl (C=O) groups excluding carboxylic acids is 2. The number of rotatable bonds is 5. The number of amides is 2. The summed E-state index contributed by atoms with van der Waals surface area (Å²) in [6.07, 6.45) is 0.674. The fourth-order valence-electron chi connectivity index (χ4n) is 2.80. The monoisotopic (exact) mass is 377 g/mol. The Morgan fingerprint density at radius 2 is 2.04 bits per heavy atom. The van der Waals surface area contributed by atoms with Crippen LogP contribution in [0.5, 0.6) is 0 Å². The summed E-state index contributed by atoms with van der Waals surface area (Å²) in [5.41, 5.74) is 2.00. The number of guanidine groups is 1. The highest BCUT2D eigenvalue weighted by atomic mass is 19.1. The van der Waals surface area contributed by atoms with Crippen molar-refractivity contribution in [3.63, 3.8) is 0 Å². The molecule has 0 unspecified atom stereocenters. The molecule has 2 rings (SSSR count). The van der Waals surface area contributed by atoms with E-state index in [0.717, 1.165) is 11.1 Å². The van der Waals surface area contributed by atoms with E-state index in [4.69, 9.17) is 0 Å². The Morgan fingerprint density at radius 1 is 1.30 bits per heavy atom. The first-order valence-corrected chi connectivity index (χ1v) is 9.06. The molecular formula is C19H28FN5O2. The maximum Gasteiger partial charge on any atom is 0.242 e. The number of carbonyl (C=O) groups is 2. The van der Waals surface area contributed by atoms with Crippen LogP contribution in [0, 0.1) is 5.82 Å². The Bertz CT molecular complexity index is 718. The van der Waals surface area contributed by atoms with Crippen LogP contribution in [0.4, 0.5) is 4.39 Å². The van der Waals surface area contributed by atoms with Crippen molar-refractivity contribution in [2.45, 2.75) is 32.9 Å². The molecule has 1 aromatic rings. The van der Waals surface area contributed by atoms with Gasteiger partial charge in [-0.15, -0.1) is 0 Å². The van der Waals surface area contributed by atoms with Gasteiger partial charge in [-0.25, -0.2) is 9.38 Å². The van der Waals surface area contributed by atoms with Gasteiger partial charge in [-0.3, -0.25) is 9.59 Å². The topological polar surface area (TPSA) is 77.0 Å². The van der Waals surface area contributed by atoms with E-state index in [1.54, 1.807) is 26.2 Å². The molecule has 148 valence electrons. The SMILES string of the molecule is CC(C)NC(=O)CN=C(NCC(=O)N(C)C)N1CCc2cc(F)ccc2C1. The number of aliphatic imine (C=N–C) groups is 1. The van der Waals surface area contributed by atoms with Crippen molar-refractivity contribution in [3.8, 4) is 0 Å². The Balaban J connectivity index is 2.12. The summed E-state index contributed by atoms with van der Waals surface area (Å²) in [5, 5.41) is 5.85. The second-order valence-electron chi connectivity index (χ2n) is 7.09. The minimum absolute atomic E-state index is 0.0244. The molecule has 0 saturated carbocycles. The minimum Gasteiger partial charge on any atom is -0.352 e. The Labute approximate surface area is 159 Å². The molecule has 0 atom stereocenters. The van der Waals surface area contributed by atoms with Crippen molar-refractivity contribution in [1.29, 1.82) is 0 Å². The van der Waals surface area contributed by atoms with Crippen LogP contribution in [-0.2, 0) is 22.6 Å². The highest BCUT2D eigenvalue weighted by Gasteiger charge is 2.21. The summed E-state index contributed by atoms with van der Waals surface area (Å²) in [7, 11) is 3.37. The first kappa shape index (κ1) is 20.7. The van der Waals surface area contributed by atoms with Crippen LogP contribution in [-0.4, -0.2) is 67.3 Å². The van der Waals surface area contributed by atoms with Gasteiger partial charge in [0.1, 0.15) is 12.4 Å². The summed E-state index contributed by atoms with van der Waals surface area (Å²) in [4.78, 5) is 31.7. The van der Waals surface area contributed by atoms with E-state index in [0.29, 0.717) is 25.5 Å². The highest BCUT2D eigenvalue weighted by molar-refractivity contribution is 5.88. The van der Waals surface area contributed by atoms with Gasteiger partial charge in [0.25, 0.3) is 0 Å². The number of nitrogens with zero attached hydrogens (tertiary/aromatic N) is 3. The number of likely N-dealkylation sites (N-methyl/N-ethyl adjacent to an activating group) is 1. The molecule has 0 aliphatic carbocycles. The van der Waals surface area contributed by atoms with Crippen molar-refractivity contribution < 1.29 is 14.0 Å². The van der Waals surface area contributed by atoms with Gasteiger partial charge in [-0.1, -0.05) is 6.07 Å². The van der Waals surface area contributed by atoms with E-state index in [1.807, 2.05) is 18.7 Å². The van der Waals surface area contributed by atoms with Gasteiger partial charge < -0.3 is 20.4 Å². The molecule has 1 aliphatic rings. The van der Waals surface area contributed by atoms with Gasteiger partial charge in [0.05, 0.1) is 6.54 Å². The lowest BCUT2D eigenvalue weighted by Gasteiger charge is -2.32. The quantitative estimate of drug-likeness (QED) is 0.586. The van der Waals surface area contributed by atoms with Crippen LogP contribution in [0.2, 0.25) is 0 Å². The van der Waals surface area contributed by atoms with Crippen LogP contribution < -0.4 is 10.6 Å². The van der Waals surface area contributed by atoms with Crippen LogP contribution >= 0.6 is 0 Å². The lowest BCUT2D eigenvalue weighted by Crippen LogP contribution is -2.47. The lowest BCUT2D eigenvalue weighted by molar-refractivity contribution is -0.127. The van der Waals surface area contributed by atoms with Crippen molar-refractivity contribution in [2.75, 3.05) is 33.7 Å². The highest BCUT2D eigenvalue weighted by Crippen LogP contribution is 2.20. The van der Waals surface area contributed by atoms with E-state index in [-0.39, 0.29) is 36.8 Å². The van der Waals surface area contributed by atoms with Crippen LogP contribution in [0.15, 0.2) is 23.2 Å². The lowest BCUT2D eigenvalue weighted by atomic mass is 10.00. The van der Waals surface area contributed by atoms with Gasteiger partial charge >= 0.3 is 0 Å². The van der Waals surface area contributed by atoms with E-state index in [2.05, 4.69) is 15.6 Å². The molecule has 7 nitrogen and oxygen atoms in total. The first-order valence-electron chi connectivity index (χ1n) is 9.06. The maximum absolute atomic E-state index is 13.4. The van der Waals surface area contributed by atoms with Gasteiger partial charge in [-0.05, 0) is 43.5 Å². The number of benzene rings is 1. The van der Waals surface area contributed by atoms with E-state index >= 15 is 0 Å². The molecule has 27 heavy (non-hydrogen) atoms. The van der Waals surface area contributed by atoms with Crippen LogP contribution in [0.3, 0.4) is 0 Å². The molecule has 1 aliphatic heterocycles. The largest absolute Gasteiger partial charge is 0.352 e. The fraction of sp³-hybridized carbons (Fsp3) is 0.526. The first-order chi connectivity index (χ1) is 12.8. The second-order valence-corrected chi connectivity index (χ2v) is 7.09. The Morgan fingerprint density at radius 3 is 2.70 bits per heavy atom. The molecule has 8 heteroatoms. The zero-order valence-electron chi connectivity index (χ0n) is 16.4. The van der Waals surface area contributed by atoms with Crippen LogP contribution in [0.1, 0.15) is 25.0 Å². The predicted molar refractivity (Wildman–Crippen MR) is 103 cm³/mol. The predicted octanol–water partition coefficient (Wildman–Crippen LogP) is 0.742. The van der Waals surface area contributed by atoms with Gasteiger partial charge in [0, 0.05) is 33.2 Å². The fourth-order valence-corrected chi connectivity index (χ4v) is 2.80. The maximum atomic E-state index is 13.4. The average Bonchev–Trinajstić information content (AvgIpc) is 2.60. The van der Waals surface area contributed by atoms with Crippen molar-refractivity contribution in [1.82, 2.24) is 20.4 Å². The summed E-state index contributed by atoms with van der Waals surface area (Å²) in [6, 6.07) is 4.81. The van der Waals surface area contributed by atoms with Crippen molar-refractivity contribution in [3.05, 3.63) is 35.1 Å². The Kier molecular flexibility index (Phi) is 7.15. The third kappa shape index (κ3) is 6.23. The molecule has 2 N–H and O–H groups in total. The molecular weight excluding hydrogens is 349 g/mol.